The first-order valence-corrected chi connectivity index (χ1v) is 10.1. The summed E-state index contributed by atoms with van der Waals surface area (Å²) in [6.45, 7) is 2.18. The van der Waals surface area contributed by atoms with Crippen LogP contribution < -0.4 is 25.6 Å². The Morgan fingerprint density at radius 2 is 1.59 bits per heavy atom. The predicted octanol–water partition coefficient (Wildman–Crippen LogP) is 4.00. The molecule has 0 aromatic heterocycles. The van der Waals surface area contributed by atoms with Crippen molar-refractivity contribution in [1.82, 2.24) is 10.9 Å². The molecule has 6 nitrogen and oxygen atoms in total. The molecule has 0 aliphatic rings. The Morgan fingerprint density at radius 3 is 2.17 bits per heavy atom. The third-order valence-corrected chi connectivity index (χ3v) is 4.60. The highest BCUT2D eigenvalue weighted by Gasteiger charge is 2.07. The Balaban J connectivity index is 1.75. The molecule has 0 heterocycles. The van der Waals surface area contributed by atoms with E-state index in [9.17, 15) is 4.79 Å². The summed E-state index contributed by atoms with van der Waals surface area (Å²) in [6, 6.07) is 13.7. The lowest BCUT2D eigenvalue weighted by molar-refractivity contribution is -0.121. The average Bonchev–Trinajstić information content (AvgIpc) is 2.75. The summed E-state index contributed by atoms with van der Waals surface area (Å²) in [4.78, 5) is 12.1. The van der Waals surface area contributed by atoms with E-state index in [1.54, 1.807) is 20.3 Å². The van der Waals surface area contributed by atoms with Crippen molar-refractivity contribution in [3.05, 3.63) is 53.6 Å². The largest absolute Gasteiger partial charge is 0.497 e. The summed E-state index contributed by atoms with van der Waals surface area (Å²) in [5.41, 5.74) is 8.49. The lowest BCUT2D eigenvalue weighted by atomic mass is 10.1. The van der Waals surface area contributed by atoms with Crippen molar-refractivity contribution in [3.8, 4) is 11.5 Å². The topological polar surface area (TPSA) is 71.6 Å². The van der Waals surface area contributed by atoms with Gasteiger partial charge in [0, 0.05) is 18.2 Å². The molecule has 0 aliphatic heterocycles. The minimum Gasteiger partial charge on any atom is -0.497 e. The van der Waals surface area contributed by atoms with Gasteiger partial charge in [-0.25, -0.2) is 0 Å². The van der Waals surface area contributed by atoms with E-state index in [1.165, 1.54) is 18.4 Å². The van der Waals surface area contributed by atoms with Crippen LogP contribution in [0.4, 0.5) is 5.69 Å². The number of unbranched alkanes of at least 4 members (excludes halogenated alkanes) is 1. The fraction of sp³-hybridized carbons (Fsp3) is 0.364. The molecule has 2 aromatic rings. The Kier molecular flexibility index (Phi) is 9.24. The molecule has 1 amide bonds. The number of carbonyl (C=O) groups excluding carboxylic acids is 1. The molecule has 3 N–H and O–H groups in total. The van der Waals surface area contributed by atoms with E-state index in [-0.39, 0.29) is 5.91 Å². The molecule has 2 rings (SSSR count). The molecule has 0 aliphatic carbocycles. The van der Waals surface area contributed by atoms with Crippen LogP contribution in [0.5, 0.6) is 11.5 Å². The van der Waals surface area contributed by atoms with E-state index < -0.39 is 0 Å². The molecular formula is C22H29N3O3S. The second-order valence-electron chi connectivity index (χ2n) is 6.65. The van der Waals surface area contributed by atoms with Crippen LogP contribution in [0.1, 0.15) is 37.3 Å². The molecule has 0 saturated carbocycles. The van der Waals surface area contributed by atoms with Crippen LogP contribution in [0.2, 0.25) is 0 Å². The summed E-state index contributed by atoms with van der Waals surface area (Å²) in [5.74, 6) is 1.23. The highest BCUT2D eigenvalue weighted by Crippen LogP contribution is 2.23. The van der Waals surface area contributed by atoms with Gasteiger partial charge in [0.25, 0.3) is 0 Å². The van der Waals surface area contributed by atoms with Crippen LogP contribution in [-0.2, 0) is 17.6 Å². The lowest BCUT2D eigenvalue weighted by Crippen LogP contribution is -2.43. The Labute approximate surface area is 178 Å². The molecule has 0 radical (unpaired) electrons. The molecule has 0 bridgehead atoms. The number of nitrogens with one attached hydrogen (secondary N) is 3. The van der Waals surface area contributed by atoms with Gasteiger partial charge in [-0.2, -0.15) is 0 Å². The van der Waals surface area contributed by atoms with E-state index in [2.05, 4.69) is 35.2 Å². The zero-order chi connectivity index (χ0) is 21.1. The number of hydrogen-bond donors (Lipinski definition) is 3. The highest BCUT2D eigenvalue weighted by molar-refractivity contribution is 7.80. The van der Waals surface area contributed by atoms with E-state index in [0.717, 1.165) is 17.7 Å². The predicted molar refractivity (Wildman–Crippen MR) is 120 cm³/mol. The van der Waals surface area contributed by atoms with Gasteiger partial charge in [0.15, 0.2) is 5.11 Å². The van der Waals surface area contributed by atoms with Gasteiger partial charge in [-0.3, -0.25) is 15.6 Å². The minimum atomic E-state index is -0.161. The van der Waals surface area contributed by atoms with Crippen LogP contribution in [0.15, 0.2) is 42.5 Å². The van der Waals surface area contributed by atoms with Gasteiger partial charge < -0.3 is 14.8 Å². The summed E-state index contributed by atoms with van der Waals surface area (Å²) in [6.07, 6.45) is 4.30. The number of carbonyl (C=O) groups is 1. The van der Waals surface area contributed by atoms with Crippen LogP contribution in [0.25, 0.3) is 0 Å². The lowest BCUT2D eigenvalue weighted by Gasteiger charge is -2.12. The summed E-state index contributed by atoms with van der Waals surface area (Å²) in [5, 5.41) is 3.39. The van der Waals surface area contributed by atoms with Crippen molar-refractivity contribution in [3.63, 3.8) is 0 Å². The molecule has 2 aromatic carbocycles. The normalized spacial score (nSPS) is 10.2. The first kappa shape index (κ1) is 22.5. The number of ether oxygens (including phenoxy) is 2. The number of hydrazine groups is 1. The Bertz CT molecular complexity index is 787. The fourth-order valence-electron chi connectivity index (χ4n) is 2.76. The van der Waals surface area contributed by atoms with Gasteiger partial charge in [0.2, 0.25) is 5.91 Å². The number of anilines is 1. The number of hydrogen-bond acceptors (Lipinski definition) is 4. The number of methoxy groups -OCH3 is 2. The smallest absolute Gasteiger partial charge is 0.238 e. The fourth-order valence-corrected chi connectivity index (χ4v) is 2.92. The number of benzene rings is 2. The maximum atomic E-state index is 12.1. The van der Waals surface area contributed by atoms with Gasteiger partial charge in [-0.15, -0.1) is 0 Å². The van der Waals surface area contributed by atoms with Gasteiger partial charge in [0.05, 0.1) is 14.2 Å². The SMILES string of the molecule is CCCCc1ccc(NC(=S)NNC(=O)CCc2cc(OC)cc(OC)c2)cc1. The van der Waals surface area contributed by atoms with Crippen molar-refractivity contribution in [2.45, 2.75) is 39.0 Å². The molecule has 0 saturated heterocycles. The monoisotopic (exact) mass is 415 g/mol. The van der Waals surface area contributed by atoms with E-state index in [1.807, 2.05) is 24.3 Å². The molecular weight excluding hydrogens is 386 g/mol. The maximum absolute atomic E-state index is 12.1. The van der Waals surface area contributed by atoms with Crippen molar-refractivity contribution in [1.29, 1.82) is 0 Å². The maximum Gasteiger partial charge on any atom is 0.238 e. The Hall–Kier alpha value is -2.80. The van der Waals surface area contributed by atoms with Crippen LogP contribution in [0, 0.1) is 0 Å². The van der Waals surface area contributed by atoms with E-state index >= 15 is 0 Å². The van der Waals surface area contributed by atoms with Gasteiger partial charge in [-0.1, -0.05) is 25.5 Å². The molecule has 0 unspecified atom stereocenters. The molecule has 0 fully saturated rings. The standard InChI is InChI=1S/C22H29N3O3S/c1-4-5-6-16-7-10-18(11-8-16)23-22(29)25-24-21(26)12-9-17-13-19(27-2)15-20(14-17)28-3/h7-8,10-11,13-15H,4-6,9,12H2,1-3H3,(H,24,26)(H2,23,25,29). The molecule has 29 heavy (non-hydrogen) atoms. The highest BCUT2D eigenvalue weighted by atomic mass is 32.1. The number of aryl methyl sites for hydroxylation is 2. The second kappa shape index (κ2) is 11.9. The zero-order valence-corrected chi connectivity index (χ0v) is 18.0. The molecule has 7 heteroatoms. The molecule has 156 valence electrons. The van der Waals surface area contributed by atoms with Crippen LogP contribution in [-0.4, -0.2) is 25.2 Å². The van der Waals surface area contributed by atoms with Crippen molar-refractivity contribution in [2.24, 2.45) is 0 Å². The first-order valence-electron chi connectivity index (χ1n) is 9.70. The number of rotatable bonds is 9. The minimum absolute atomic E-state index is 0.161. The van der Waals surface area contributed by atoms with Crippen LogP contribution >= 0.6 is 12.2 Å². The van der Waals surface area contributed by atoms with Gasteiger partial charge in [-0.05, 0) is 66.9 Å². The van der Waals surface area contributed by atoms with Crippen molar-refractivity contribution < 1.29 is 14.3 Å². The summed E-state index contributed by atoms with van der Waals surface area (Å²) < 4.78 is 10.5. The van der Waals surface area contributed by atoms with E-state index in [4.69, 9.17) is 21.7 Å². The third-order valence-electron chi connectivity index (χ3n) is 4.40. The first-order chi connectivity index (χ1) is 14.0. The summed E-state index contributed by atoms with van der Waals surface area (Å²) in [7, 11) is 3.20. The van der Waals surface area contributed by atoms with E-state index in [0.29, 0.717) is 29.5 Å². The molecule has 0 atom stereocenters. The zero-order valence-electron chi connectivity index (χ0n) is 17.2. The molecule has 0 spiro atoms. The van der Waals surface area contributed by atoms with Crippen LogP contribution in [0.3, 0.4) is 0 Å². The van der Waals surface area contributed by atoms with Gasteiger partial charge >= 0.3 is 0 Å². The third kappa shape index (κ3) is 7.99. The van der Waals surface area contributed by atoms with Crippen molar-refractivity contribution >= 4 is 28.9 Å². The average molecular weight is 416 g/mol. The van der Waals surface area contributed by atoms with Gasteiger partial charge in [0.1, 0.15) is 11.5 Å². The number of thiocarbonyl (C=S) groups is 1. The second-order valence-corrected chi connectivity index (χ2v) is 7.06. The number of amides is 1. The van der Waals surface area contributed by atoms with Crippen molar-refractivity contribution in [2.75, 3.05) is 19.5 Å². The summed E-state index contributed by atoms with van der Waals surface area (Å²) >= 11 is 5.23. The quantitative estimate of drug-likeness (QED) is 0.425. The Morgan fingerprint density at radius 1 is 0.931 bits per heavy atom.